The Morgan fingerprint density at radius 1 is 1.88 bits per heavy atom. The maximum atomic E-state index is 5.23. The van der Waals surface area contributed by atoms with Crippen molar-refractivity contribution in [1.29, 1.82) is 0 Å². The van der Waals surface area contributed by atoms with Crippen molar-refractivity contribution >= 4 is 0 Å². The molecule has 2 aliphatic heterocycles. The van der Waals surface area contributed by atoms with Gasteiger partial charge in [0.15, 0.2) is 5.60 Å². The van der Waals surface area contributed by atoms with Crippen LogP contribution in [0.3, 0.4) is 0 Å². The molecule has 8 heavy (non-hydrogen) atoms. The molecule has 2 heterocycles. The first kappa shape index (κ1) is 4.39. The maximum Gasteiger partial charge on any atom is 0.152 e. The second-order valence-corrected chi connectivity index (χ2v) is 2.45. The Morgan fingerprint density at radius 3 is 2.75 bits per heavy atom. The molecule has 0 N–H and O–H groups in total. The van der Waals surface area contributed by atoms with E-state index < -0.39 is 0 Å². The van der Waals surface area contributed by atoms with Crippen LogP contribution in [0.2, 0.25) is 0 Å². The lowest BCUT2D eigenvalue weighted by Crippen LogP contribution is -2.04. The van der Waals surface area contributed by atoms with Crippen molar-refractivity contribution in [1.82, 2.24) is 0 Å². The zero-order chi connectivity index (χ0) is 5.78. The van der Waals surface area contributed by atoms with Crippen LogP contribution in [0.5, 0.6) is 0 Å². The van der Waals surface area contributed by atoms with E-state index in [1.807, 2.05) is 6.92 Å². The fourth-order valence-electron chi connectivity index (χ4n) is 1.02. The van der Waals surface area contributed by atoms with Gasteiger partial charge in [0.1, 0.15) is 18.5 Å². The first-order valence-corrected chi connectivity index (χ1v) is 2.73. The molecule has 2 fully saturated rings. The molecule has 0 aliphatic carbocycles. The Balaban J connectivity index is 2.31. The minimum Gasteiger partial charge on any atom is -0.493 e. The lowest BCUT2D eigenvalue weighted by Gasteiger charge is -2.02. The van der Waals surface area contributed by atoms with E-state index in [2.05, 4.69) is 6.58 Å². The number of hydrogen-bond acceptors (Lipinski definition) is 2. The summed E-state index contributed by atoms with van der Waals surface area (Å²) in [5.41, 5.74) is -0.0972. The lowest BCUT2D eigenvalue weighted by atomic mass is 10.1. The molecule has 0 aromatic rings. The van der Waals surface area contributed by atoms with Gasteiger partial charge in [-0.2, -0.15) is 0 Å². The van der Waals surface area contributed by atoms with Crippen molar-refractivity contribution in [2.75, 3.05) is 6.61 Å². The largest absolute Gasteiger partial charge is 0.493 e. The highest BCUT2D eigenvalue weighted by Crippen LogP contribution is 2.47. The van der Waals surface area contributed by atoms with E-state index >= 15 is 0 Å². The van der Waals surface area contributed by atoms with Gasteiger partial charge in [-0.3, -0.25) is 0 Å². The number of rotatable bonds is 0. The highest BCUT2D eigenvalue weighted by molar-refractivity contribution is 5.22. The Kier molecular flexibility index (Phi) is 0.513. The molecule has 2 unspecified atom stereocenters. The summed E-state index contributed by atoms with van der Waals surface area (Å²) in [6, 6.07) is 0. The maximum absolute atomic E-state index is 5.23. The number of epoxide rings is 1. The minimum absolute atomic E-state index is 0.0972. The Bertz CT molecular complexity index is 151. The Labute approximate surface area is 48.1 Å². The topological polar surface area (TPSA) is 21.8 Å². The van der Waals surface area contributed by atoms with Gasteiger partial charge in [-0.1, -0.05) is 6.58 Å². The van der Waals surface area contributed by atoms with E-state index in [4.69, 9.17) is 9.47 Å². The van der Waals surface area contributed by atoms with Crippen LogP contribution >= 0.6 is 0 Å². The molecule has 2 nitrogen and oxygen atoms in total. The van der Waals surface area contributed by atoms with Crippen molar-refractivity contribution in [2.24, 2.45) is 0 Å². The molecule has 0 bridgehead atoms. The molecule has 0 aromatic heterocycles. The Hall–Kier alpha value is -0.500. The SMILES string of the molecule is C=C1OCC2OC12C. The van der Waals surface area contributed by atoms with Crippen LogP contribution in [0, 0.1) is 0 Å². The van der Waals surface area contributed by atoms with E-state index in [0.29, 0.717) is 12.7 Å². The fourth-order valence-corrected chi connectivity index (χ4v) is 1.02. The molecular formula is C6H8O2. The summed E-state index contributed by atoms with van der Waals surface area (Å²) >= 11 is 0. The summed E-state index contributed by atoms with van der Waals surface area (Å²) in [5.74, 6) is 0.794. The third-order valence-corrected chi connectivity index (χ3v) is 1.91. The van der Waals surface area contributed by atoms with E-state index in [-0.39, 0.29) is 5.60 Å². The summed E-state index contributed by atoms with van der Waals surface area (Å²) in [7, 11) is 0. The third-order valence-electron chi connectivity index (χ3n) is 1.91. The van der Waals surface area contributed by atoms with Gasteiger partial charge in [0.2, 0.25) is 0 Å². The van der Waals surface area contributed by atoms with Crippen LogP contribution in [-0.4, -0.2) is 18.3 Å². The molecule has 0 spiro atoms. The van der Waals surface area contributed by atoms with Crippen LogP contribution < -0.4 is 0 Å². The van der Waals surface area contributed by atoms with Gasteiger partial charge in [0.25, 0.3) is 0 Å². The standard InChI is InChI=1S/C6H8O2/c1-4-6(2)5(8-6)3-7-4/h5H,1,3H2,2H3. The predicted octanol–water partition coefficient (Wildman–Crippen LogP) is 0.688. The molecule has 2 heteroatoms. The van der Waals surface area contributed by atoms with Crippen LogP contribution in [0.15, 0.2) is 12.3 Å². The zero-order valence-corrected chi connectivity index (χ0v) is 4.81. The van der Waals surface area contributed by atoms with Crippen molar-refractivity contribution in [2.45, 2.75) is 18.6 Å². The highest BCUT2D eigenvalue weighted by atomic mass is 16.7. The number of hydrogen-bond donors (Lipinski definition) is 0. The van der Waals surface area contributed by atoms with E-state index in [1.54, 1.807) is 0 Å². The molecule has 2 rings (SSSR count). The van der Waals surface area contributed by atoms with Crippen molar-refractivity contribution in [3.8, 4) is 0 Å². The Morgan fingerprint density at radius 2 is 2.62 bits per heavy atom. The van der Waals surface area contributed by atoms with Crippen LogP contribution in [-0.2, 0) is 9.47 Å². The normalized spacial score (nSPS) is 50.6. The average Bonchev–Trinajstić information content (AvgIpc) is 2.31. The van der Waals surface area contributed by atoms with E-state index in [0.717, 1.165) is 5.76 Å². The number of fused-ring (bicyclic) bond motifs is 1. The fraction of sp³-hybridized carbons (Fsp3) is 0.667. The van der Waals surface area contributed by atoms with E-state index in [1.165, 1.54) is 0 Å². The summed E-state index contributed by atoms with van der Waals surface area (Å²) in [6.07, 6.45) is 0.315. The molecule has 0 radical (unpaired) electrons. The zero-order valence-electron chi connectivity index (χ0n) is 4.81. The summed E-state index contributed by atoms with van der Waals surface area (Å²) < 4.78 is 10.3. The van der Waals surface area contributed by atoms with Gasteiger partial charge in [-0.25, -0.2) is 0 Å². The molecule has 0 aromatic carbocycles. The van der Waals surface area contributed by atoms with Crippen molar-refractivity contribution < 1.29 is 9.47 Å². The van der Waals surface area contributed by atoms with Gasteiger partial charge >= 0.3 is 0 Å². The minimum atomic E-state index is -0.0972. The van der Waals surface area contributed by atoms with Crippen LogP contribution in [0.1, 0.15) is 6.92 Å². The summed E-state index contributed by atoms with van der Waals surface area (Å²) in [6.45, 7) is 6.41. The summed E-state index contributed by atoms with van der Waals surface area (Å²) in [5, 5.41) is 0. The first-order chi connectivity index (χ1) is 3.73. The van der Waals surface area contributed by atoms with E-state index in [9.17, 15) is 0 Å². The first-order valence-electron chi connectivity index (χ1n) is 2.73. The molecule has 2 saturated heterocycles. The van der Waals surface area contributed by atoms with Gasteiger partial charge in [-0.05, 0) is 6.92 Å². The van der Waals surface area contributed by atoms with Gasteiger partial charge in [0.05, 0.1) is 0 Å². The summed E-state index contributed by atoms with van der Waals surface area (Å²) in [4.78, 5) is 0. The predicted molar refractivity (Wildman–Crippen MR) is 28.4 cm³/mol. The molecular weight excluding hydrogens is 104 g/mol. The molecule has 2 aliphatic rings. The molecule has 0 saturated carbocycles. The average molecular weight is 112 g/mol. The van der Waals surface area contributed by atoms with Gasteiger partial charge in [0, 0.05) is 0 Å². The number of ether oxygens (including phenoxy) is 2. The quantitative estimate of drug-likeness (QED) is 0.430. The van der Waals surface area contributed by atoms with Crippen LogP contribution in [0.25, 0.3) is 0 Å². The van der Waals surface area contributed by atoms with Crippen LogP contribution in [0.4, 0.5) is 0 Å². The van der Waals surface area contributed by atoms with Gasteiger partial charge < -0.3 is 9.47 Å². The highest BCUT2D eigenvalue weighted by Gasteiger charge is 2.60. The monoisotopic (exact) mass is 112 g/mol. The molecule has 2 atom stereocenters. The van der Waals surface area contributed by atoms with Gasteiger partial charge in [-0.15, -0.1) is 0 Å². The van der Waals surface area contributed by atoms with Crippen molar-refractivity contribution in [3.05, 3.63) is 12.3 Å². The smallest absolute Gasteiger partial charge is 0.152 e. The lowest BCUT2D eigenvalue weighted by molar-refractivity contribution is 0.136. The second kappa shape index (κ2) is 0.935. The molecule has 0 amide bonds. The van der Waals surface area contributed by atoms with Crippen molar-refractivity contribution in [3.63, 3.8) is 0 Å². The second-order valence-electron chi connectivity index (χ2n) is 2.45. The molecule has 44 valence electrons. The third kappa shape index (κ3) is 0.293.